The van der Waals surface area contributed by atoms with Gasteiger partial charge in [0, 0.05) is 18.8 Å². The first-order valence-corrected chi connectivity index (χ1v) is 12.1. The van der Waals surface area contributed by atoms with Crippen molar-refractivity contribution in [2.24, 2.45) is 0 Å². The van der Waals surface area contributed by atoms with Gasteiger partial charge in [-0.1, -0.05) is 48.5 Å². The van der Waals surface area contributed by atoms with Crippen LogP contribution in [0.2, 0.25) is 0 Å². The molecule has 0 amide bonds. The molecule has 2 atom stereocenters. The number of fused-ring (bicyclic) bond motifs is 1. The van der Waals surface area contributed by atoms with Crippen LogP contribution in [-0.2, 0) is 15.4 Å². The molecule has 31 heavy (non-hydrogen) atoms. The Morgan fingerprint density at radius 2 is 1.87 bits per heavy atom. The van der Waals surface area contributed by atoms with E-state index in [0.29, 0.717) is 5.56 Å². The maximum Gasteiger partial charge on any atom is 0.337 e. The first-order chi connectivity index (χ1) is 14.7. The van der Waals surface area contributed by atoms with Gasteiger partial charge in [0.2, 0.25) is 0 Å². The van der Waals surface area contributed by atoms with E-state index in [2.05, 4.69) is 16.7 Å². The Morgan fingerprint density at radius 1 is 1.13 bits per heavy atom. The second kappa shape index (κ2) is 8.07. The highest BCUT2D eigenvalue weighted by Gasteiger charge is 2.35. The van der Waals surface area contributed by atoms with Crippen LogP contribution in [0.15, 0.2) is 65.6 Å². The van der Waals surface area contributed by atoms with Crippen molar-refractivity contribution in [3.05, 3.63) is 77.4 Å². The molecule has 162 valence electrons. The van der Waals surface area contributed by atoms with Crippen molar-refractivity contribution >= 4 is 26.6 Å². The molecule has 1 heterocycles. The molecule has 0 radical (unpaired) electrons. The molecule has 3 aromatic carbocycles. The van der Waals surface area contributed by atoms with Gasteiger partial charge < -0.3 is 10.4 Å². The highest BCUT2D eigenvalue weighted by Crippen LogP contribution is 2.36. The zero-order valence-electron chi connectivity index (χ0n) is 17.6. The second-order valence-electron chi connectivity index (χ2n) is 8.27. The summed E-state index contributed by atoms with van der Waals surface area (Å²) in [5, 5.41) is 19.0. The van der Waals surface area contributed by atoms with E-state index >= 15 is 0 Å². The van der Waals surface area contributed by atoms with E-state index in [4.69, 9.17) is 0 Å². The quantitative estimate of drug-likeness (QED) is 0.547. The normalized spacial score (nSPS) is 18.7. The van der Waals surface area contributed by atoms with Gasteiger partial charge in [0.05, 0.1) is 16.0 Å². The van der Waals surface area contributed by atoms with Gasteiger partial charge in [-0.15, -0.1) is 0 Å². The standard InChI is InChI=1S/C24H26N2O4S/c1-24(26-18-12-13-25-15-18,21-9-5-7-16-6-3-4-8-19(16)21)17-10-11-22(31(2,29)30)20(14-17)23(27)28/h3-11,14,18,25-26H,12-13,15H2,1-2H3,(H,27,28)/t18-,24+/m0/s1. The number of carbonyl (C=O) groups is 1. The molecule has 0 bridgehead atoms. The third-order valence-corrected chi connectivity index (χ3v) is 7.22. The maximum atomic E-state index is 12.2. The molecule has 3 N–H and O–H groups in total. The van der Waals surface area contributed by atoms with Crippen LogP contribution in [0.25, 0.3) is 10.8 Å². The lowest BCUT2D eigenvalue weighted by Crippen LogP contribution is -2.47. The van der Waals surface area contributed by atoms with Crippen molar-refractivity contribution < 1.29 is 18.3 Å². The summed E-state index contributed by atoms with van der Waals surface area (Å²) in [6, 6.07) is 19.0. The predicted molar refractivity (Wildman–Crippen MR) is 121 cm³/mol. The lowest BCUT2D eigenvalue weighted by molar-refractivity contribution is 0.0692. The molecule has 7 heteroatoms. The molecular weight excluding hydrogens is 412 g/mol. The van der Waals surface area contributed by atoms with Gasteiger partial charge in [-0.2, -0.15) is 0 Å². The predicted octanol–water partition coefficient (Wildman–Crippen LogP) is 3.16. The molecule has 4 rings (SSSR count). The summed E-state index contributed by atoms with van der Waals surface area (Å²) < 4.78 is 24.3. The molecule has 1 saturated heterocycles. The smallest absolute Gasteiger partial charge is 0.337 e. The van der Waals surface area contributed by atoms with E-state index in [1.807, 2.05) is 43.3 Å². The van der Waals surface area contributed by atoms with E-state index in [1.165, 1.54) is 12.1 Å². The summed E-state index contributed by atoms with van der Waals surface area (Å²) >= 11 is 0. The molecule has 0 aromatic heterocycles. The van der Waals surface area contributed by atoms with Gasteiger partial charge in [-0.05, 0) is 53.9 Å². The van der Waals surface area contributed by atoms with Crippen LogP contribution in [0.4, 0.5) is 0 Å². The van der Waals surface area contributed by atoms with Crippen LogP contribution in [0.3, 0.4) is 0 Å². The Bertz CT molecular complexity index is 1240. The number of sulfone groups is 1. The zero-order chi connectivity index (χ0) is 22.2. The van der Waals surface area contributed by atoms with Crippen LogP contribution in [0.1, 0.15) is 34.8 Å². The van der Waals surface area contributed by atoms with Crippen LogP contribution < -0.4 is 10.6 Å². The number of hydrogen-bond acceptors (Lipinski definition) is 5. The van der Waals surface area contributed by atoms with E-state index in [0.717, 1.165) is 42.1 Å². The molecule has 0 aliphatic carbocycles. The van der Waals surface area contributed by atoms with Gasteiger partial charge >= 0.3 is 5.97 Å². The highest BCUT2D eigenvalue weighted by atomic mass is 32.2. The van der Waals surface area contributed by atoms with E-state index in [-0.39, 0.29) is 16.5 Å². The van der Waals surface area contributed by atoms with Gasteiger partial charge in [-0.3, -0.25) is 5.32 Å². The Kier molecular flexibility index (Phi) is 5.60. The average molecular weight is 439 g/mol. The molecule has 0 saturated carbocycles. The van der Waals surface area contributed by atoms with Crippen LogP contribution in [0, 0.1) is 0 Å². The minimum Gasteiger partial charge on any atom is -0.478 e. The fourth-order valence-corrected chi connectivity index (χ4v) is 5.36. The Balaban J connectivity index is 1.95. The van der Waals surface area contributed by atoms with E-state index in [1.54, 1.807) is 6.07 Å². The van der Waals surface area contributed by atoms with E-state index in [9.17, 15) is 18.3 Å². The fraction of sp³-hybridized carbons (Fsp3) is 0.292. The van der Waals surface area contributed by atoms with Gasteiger partial charge in [0.1, 0.15) is 0 Å². The van der Waals surface area contributed by atoms with Crippen molar-refractivity contribution in [1.82, 2.24) is 10.6 Å². The molecule has 1 aliphatic rings. The zero-order valence-corrected chi connectivity index (χ0v) is 18.4. The summed E-state index contributed by atoms with van der Waals surface area (Å²) in [6.07, 6.45) is 1.98. The summed E-state index contributed by atoms with van der Waals surface area (Å²) in [6.45, 7) is 3.76. The molecule has 1 fully saturated rings. The van der Waals surface area contributed by atoms with Crippen LogP contribution in [-0.4, -0.2) is 44.9 Å². The molecule has 6 nitrogen and oxygen atoms in total. The van der Waals surface area contributed by atoms with Crippen molar-refractivity contribution in [2.45, 2.75) is 29.8 Å². The van der Waals surface area contributed by atoms with E-state index < -0.39 is 21.3 Å². The third kappa shape index (κ3) is 4.08. The van der Waals surface area contributed by atoms with Crippen molar-refractivity contribution in [3.8, 4) is 0 Å². The minimum atomic E-state index is -3.67. The number of carboxylic acid groups (broad SMARTS) is 1. The Hall–Kier alpha value is -2.74. The number of carboxylic acids is 1. The summed E-state index contributed by atoms with van der Waals surface area (Å²) in [5.74, 6) is -1.26. The summed E-state index contributed by atoms with van der Waals surface area (Å²) in [7, 11) is -3.67. The van der Waals surface area contributed by atoms with Gasteiger partial charge in [-0.25, -0.2) is 13.2 Å². The summed E-state index contributed by atoms with van der Waals surface area (Å²) in [4.78, 5) is 11.8. The monoisotopic (exact) mass is 438 g/mol. The summed E-state index contributed by atoms with van der Waals surface area (Å²) in [5.41, 5.74) is 0.789. The minimum absolute atomic E-state index is 0.174. The van der Waals surface area contributed by atoms with Crippen molar-refractivity contribution in [1.29, 1.82) is 0 Å². The number of rotatable bonds is 6. The molecule has 0 unspecified atom stereocenters. The van der Waals surface area contributed by atoms with Crippen LogP contribution in [0.5, 0.6) is 0 Å². The Morgan fingerprint density at radius 3 is 2.55 bits per heavy atom. The van der Waals surface area contributed by atoms with Gasteiger partial charge in [0.25, 0.3) is 0 Å². The molecule has 3 aromatic rings. The average Bonchev–Trinajstić information content (AvgIpc) is 3.25. The van der Waals surface area contributed by atoms with Crippen molar-refractivity contribution in [2.75, 3.05) is 19.3 Å². The number of aromatic carboxylic acids is 1. The number of hydrogen-bond donors (Lipinski definition) is 3. The lowest BCUT2D eigenvalue weighted by Gasteiger charge is -2.36. The highest BCUT2D eigenvalue weighted by molar-refractivity contribution is 7.90. The Labute approximate surface area is 182 Å². The third-order valence-electron chi connectivity index (χ3n) is 6.07. The van der Waals surface area contributed by atoms with Crippen LogP contribution >= 0.6 is 0 Å². The van der Waals surface area contributed by atoms with Crippen molar-refractivity contribution in [3.63, 3.8) is 0 Å². The molecule has 1 aliphatic heterocycles. The fourth-order valence-electron chi connectivity index (χ4n) is 4.50. The number of nitrogens with one attached hydrogen (secondary N) is 2. The largest absolute Gasteiger partial charge is 0.478 e. The lowest BCUT2D eigenvalue weighted by atomic mass is 9.80. The first-order valence-electron chi connectivity index (χ1n) is 10.2. The second-order valence-corrected chi connectivity index (χ2v) is 10.3. The number of benzene rings is 3. The van der Waals surface area contributed by atoms with Gasteiger partial charge in [0.15, 0.2) is 9.84 Å². The maximum absolute atomic E-state index is 12.2. The SMILES string of the molecule is C[C@@](N[C@H]1CCNC1)(c1ccc(S(C)(=O)=O)c(C(=O)O)c1)c1cccc2ccccc12. The molecule has 0 spiro atoms. The molecular formula is C24H26N2O4S. The first kappa shape index (κ1) is 21.5. The topological polar surface area (TPSA) is 95.5 Å².